The Balaban J connectivity index is 3.09. The highest BCUT2D eigenvalue weighted by atomic mass is 14.6. The van der Waals surface area contributed by atoms with Crippen molar-refractivity contribution in [1.29, 1.82) is 10.5 Å². The topological polar surface area (TPSA) is 73.6 Å². The van der Waals surface area contributed by atoms with Gasteiger partial charge in [0.1, 0.15) is 6.07 Å². The molecule has 0 aromatic heterocycles. The van der Waals surface area contributed by atoms with E-state index in [-0.39, 0.29) is 11.8 Å². The van der Waals surface area contributed by atoms with E-state index in [0.717, 1.165) is 0 Å². The number of rotatable bonds is 0. The van der Waals surface area contributed by atoms with Crippen molar-refractivity contribution in [2.45, 2.75) is 6.92 Å². The lowest BCUT2D eigenvalue weighted by atomic mass is 9.85. The minimum absolute atomic E-state index is 0.104. The largest absolute Gasteiger partial charge is 0.400 e. The monoisotopic (exact) mass is 159 g/mol. The molecule has 2 unspecified atom stereocenters. The van der Waals surface area contributed by atoms with Crippen molar-refractivity contribution in [2.24, 2.45) is 17.6 Å². The summed E-state index contributed by atoms with van der Waals surface area (Å²) in [5, 5.41) is 17.4. The molecule has 3 nitrogen and oxygen atoms in total. The minimum Gasteiger partial charge on any atom is -0.400 e. The Labute approximate surface area is 71.4 Å². The van der Waals surface area contributed by atoms with Crippen molar-refractivity contribution in [3.63, 3.8) is 0 Å². The lowest BCUT2D eigenvalue weighted by Gasteiger charge is -2.18. The molecule has 2 atom stereocenters. The summed E-state index contributed by atoms with van der Waals surface area (Å²) in [6, 6.07) is 4.04. The van der Waals surface area contributed by atoms with Crippen LogP contribution in [0.1, 0.15) is 6.92 Å². The highest BCUT2D eigenvalue weighted by Crippen LogP contribution is 2.25. The molecule has 0 aromatic rings. The molecule has 0 aromatic carbocycles. The zero-order chi connectivity index (χ0) is 9.14. The van der Waals surface area contributed by atoms with Gasteiger partial charge in [-0.15, -0.1) is 0 Å². The number of nitrogens with two attached hydrogens (primary N) is 1. The van der Waals surface area contributed by atoms with Crippen LogP contribution in [0.15, 0.2) is 23.4 Å². The molecule has 0 radical (unpaired) electrons. The molecule has 12 heavy (non-hydrogen) atoms. The molecule has 0 aliphatic heterocycles. The van der Waals surface area contributed by atoms with Gasteiger partial charge < -0.3 is 5.73 Å². The maximum Gasteiger partial charge on any atom is 0.101 e. The second kappa shape index (κ2) is 3.11. The second-order valence-corrected chi connectivity index (χ2v) is 2.81. The minimum atomic E-state index is -0.343. The van der Waals surface area contributed by atoms with E-state index in [4.69, 9.17) is 16.3 Å². The van der Waals surface area contributed by atoms with Crippen molar-refractivity contribution >= 4 is 0 Å². The zero-order valence-electron chi connectivity index (χ0n) is 6.78. The van der Waals surface area contributed by atoms with E-state index >= 15 is 0 Å². The second-order valence-electron chi connectivity index (χ2n) is 2.81. The Morgan fingerprint density at radius 3 is 2.67 bits per heavy atom. The molecule has 0 amide bonds. The Morgan fingerprint density at radius 2 is 2.17 bits per heavy atom. The average Bonchev–Trinajstić information content (AvgIpc) is 2.06. The SMILES string of the molecule is CC1C=CC(C#N)=C(N)C1C#N. The molecule has 1 rings (SSSR count). The number of allylic oxidation sites excluding steroid dienone is 4. The average molecular weight is 159 g/mol. The lowest BCUT2D eigenvalue weighted by Crippen LogP contribution is -2.21. The van der Waals surface area contributed by atoms with Crippen LogP contribution in [0, 0.1) is 34.5 Å². The summed E-state index contributed by atoms with van der Waals surface area (Å²) >= 11 is 0. The summed E-state index contributed by atoms with van der Waals surface area (Å²) in [6.07, 6.45) is 3.51. The van der Waals surface area contributed by atoms with Crippen LogP contribution in [-0.4, -0.2) is 0 Å². The number of nitrogens with zero attached hydrogens (tertiary/aromatic N) is 2. The van der Waals surface area contributed by atoms with Gasteiger partial charge in [0.25, 0.3) is 0 Å². The summed E-state index contributed by atoms with van der Waals surface area (Å²) in [7, 11) is 0. The maximum absolute atomic E-state index is 8.74. The van der Waals surface area contributed by atoms with Gasteiger partial charge in [-0.05, 0) is 12.0 Å². The first-order valence-electron chi connectivity index (χ1n) is 3.68. The van der Waals surface area contributed by atoms with Crippen molar-refractivity contribution < 1.29 is 0 Å². The van der Waals surface area contributed by atoms with Crippen molar-refractivity contribution in [3.8, 4) is 12.1 Å². The van der Waals surface area contributed by atoms with Crippen molar-refractivity contribution in [2.75, 3.05) is 0 Å². The molecule has 1 aliphatic carbocycles. The summed E-state index contributed by atoms with van der Waals surface area (Å²) in [4.78, 5) is 0. The van der Waals surface area contributed by atoms with E-state index in [9.17, 15) is 0 Å². The van der Waals surface area contributed by atoms with Crippen LogP contribution >= 0.6 is 0 Å². The third-order valence-electron chi connectivity index (χ3n) is 2.00. The van der Waals surface area contributed by atoms with Crippen LogP contribution in [0.4, 0.5) is 0 Å². The smallest absolute Gasteiger partial charge is 0.101 e. The predicted octanol–water partition coefficient (Wildman–Crippen LogP) is 1.07. The van der Waals surface area contributed by atoms with Gasteiger partial charge >= 0.3 is 0 Å². The van der Waals surface area contributed by atoms with Gasteiger partial charge in [-0.2, -0.15) is 10.5 Å². The zero-order valence-corrected chi connectivity index (χ0v) is 6.78. The molecule has 0 heterocycles. The van der Waals surface area contributed by atoms with Gasteiger partial charge in [-0.3, -0.25) is 0 Å². The third kappa shape index (κ3) is 1.17. The van der Waals surface area contributed by atoms with E-state index in [0.29, 0.717) is 11.3 Å². The van der Waals surface area contributed by atoms with E-state index < -0.39 is 0 Å². The quantitative estimate of drug-likeness (QED) is 0.574. The molecule has 0 saturated carbocycles. The van der Waals surface area contributed by atoms with Gasteiger partial charge in [-0.25, -0.2) is 0 Å². The molecule has 0 saturated heterocycles. The summed E-state index contributed by atoms with van der Waals surface area (Å²) in [5.41, 5.74) is 6.43. The van der Waals surface area contributed by atoms with Crippen LogP contribution in [0.3, 0.4) is 0 Å². The van der Waals surface area contributed by atoms with Crippen LogP contribution in [0.25, 0.3) is 0 Å². The fourth-order valence-electron chi connectivity index (χ4n) is 1.20. The summed E-state index contributed by atoms with van der Waals surface area (Å²) < 4.78 is 0. The first kappa shape index (κ1) is 8.36. The van der Waals surface area contributed by atoms with Gasteiger partial charge in [0.15, 0.2) is 0 Å². The molecule has 60 valence electrons. The molecule has 0 bridgehead atoms. The van der Waals surface area contributed by atoms with E-state index in [1.165, 1.54) is 0 Å². The standard InChI is InChI=1S/C9H9N3/c1-6-2-3-7(4-10)9(12)8(6)5-11/h2-3,6,8H,12H2,1H3. The Morgan fingerprint density at radius 1 is 1.50 bits per heavy atom. The van der Waals surface area contributed by atoms with Gasteiger partial charge in [0, 0.05) is 5.70 Å². The first-order chi connectivity index (χ1) is 5.70. The normalized spacial score (nSPS) is 27.9. The highest BCUT2D eigenvalue weighted by Gasteiger charge is 2.22. The molecule has 0 fully saturated rings. The van der Waals surface area contributed by atoms with Gasteiger partial charge in [0.05, 0.1) is 17.6 Å². The van der Waals surface area contributed by atoms with Crippen LogP contribution in [0.5, 0.6) is 0 Å². The summed E-state index contributed by atoms with van der Waals surface area (Å²) in [5.74, 6) is -0.239. The van der Waals surface area contributed by atoms with Crippen molar-refractivity contribution in [1.82, 2.24) is 0 Å². The van der Waals surface area contributed by atoms with Crippen molar-refractivity contribution in [3.05, 3.63) is 23.4 Å². The Hall–Kier alpha value is -1.74. The predicted molar refractivity (Wildman–Crippen MR) is 44.2 cm³/mol. The van der Waals surface area contributed by atoms with E-state index in [1.807, 2.05) is 19.1 Å². The first-order valence-corrected chi connectivity index (χ1v) is 3.68. The molecule has 3 heteroatoms. The van der Waals surface area contributed by atoms with Gasteiger partial charge in [0.2, 0.25) is 0 Å². The van der Waals surface area contributed by atoms with Crippen LogP contribution < -0.4 is 5.73 Å². The molecule has 0 spiro atoms. The fraction of sp³-hybridized carbons (Fsp3) is 0.333. The molecule has 2 N–H and O–H groups in total. The van der Waals surface area contributed by atoms with Gasteiger partial charge in [-0.1, -0.05) is 13.0 Å². The molecule has 1 aliphatic rings. The molecular weight excluding hydrogens is 150 g/mol. The van der Waals surface area contributed by atoms with E-state index in [2.05, 4.69) is 6.07 Å². The fourth-order valence-corrected chi connectivity index (χ4v) is 1.20. The highest BCUT2D eigenvalue weighted by molar-refractivity contribution is 5.42. The number of nitriles is 2. The van der Waals surface area contributed by atoms with E-state index in [1.54, 1.807) is 6.08 Å². The summed E-state index contributed by atoms with van der Waals surface area (Å²) in [6.45, 7) is 1.91. The lowest BCUT2D eigenvalue weighted by molar-refractivity contribution is 0.577. The maximum atomic E-state index is 8.74. The number of hydrogen-bond donors (Lipinski definition) is 1. The third-order valence-corrected chi connectivity index (χ3v) is 2.00. The van der Waals surface area contributed by atoms with Crippen LogP contribution in [-0.2, 0) is 0 Å². The van der Waals surface area contributed by atoms with Crippen LogP contribution in [0.2, 0.25) is 0 Å². The number of hydrogen-bond acceptors (Lipinski definition) is 3. The Bertz CT molecular complexity index is 325. The Kier molecular flexibility index (Phi) is 2.16. The molecular formula is C9H9N3.